The first kappa shape index (κ1) is 15.3. The van der Waals surface area contributed by atoms with Crippen LogP contribution in [0.3, 0.4) is 0 Å². The molecule has 1 heterocycles. The zero-order chi connectivity index (χ0) is 13.8. The molecule has 0 aromatic heterocycles. The van der Waals surface area contributed by atoms with E-state index in [1.54, 1.807) is 0 Å². The van der Waals surface area contributed by atoms with Crippen LogP contribution in [0.15, 0.2) is 22.7 Å². The fourth-order valence-electron chi connectivity index (χ4n) is 2.66. The topological polar surface area (TPSA) is 15.3 Å². The third-order valence-corrected chi connectivity index (χ3v) is 4.35. The molecule has 1 aliphatic rings. The number of nitrogens with one attached hydrogen (secondary N) is 1. The van der Waals surface area contributed by atoms with Crippen molar-refractivity contribution in [1.82, 2.24) is 10.2 Å². The van der Waals surface area contributed by atoms with Crippen molar-refractivity contribution < 1.29 is 0 Å². The molecule has 0 saturated carbocycles. The van der Waals surface area contributed by atoms with Crippen molar-refractivity contribution in [1.29, 1.82) is 0 Å². The van der Waals surface area contributed by atoms with Crippen molar-refractivity contribution in [2.45, 2.75) is 32.9 Å². The molecule has 0 spiro atoms. The molecule has 1 aliphatic heterocycles. The molecule has 1 saturated heterocycles. The highest BCUT2D eigenvalue weighted by Gasteiger charge is 2.20. The largest absolute Gasteiger partial charge is 0.311 e. The average molecular weight is 346 g/mol. The molecule has 0 bridgehead atoms. The molecule has 19 heavy (non-hydrogen) atoms. The molecule has 2 rings (SSSR count). The summed E-state index contributed by atoms with van der Waals surface area (Å²) in [5.74, 6) is 0.744. The molecule has 0 amide bonds. The van der Waals surface area contributed by atoms with Gasteiger partial charge in [0.05, 0.1) is 0 Å². The van der Waals surface area contributed by atoms with Crippen LogP contribution in [0.4, 0.5) is 0 Å². The van der Waals surface area contributed by atoms with E-state index < -0.39 is 0 Å². The Kier molecular flexibility index (Phi) is 5.70. The monoisotopic (exact) mass is 344 g/mol. The van der Waals surface area contributed by atoms with Crippen LogP contribution >= 0.6 is 27.5 Å². The Morgan fingerprint density at radius 1 is 1.47 bits per heavy atom. The molecule has 1 atom stereocenters. The van der Waals surface area contributed by atoms with Crippen molar-refractivity contribution in [3.63, 3.8) is 0 Å². The van der Waals surface area contributed by atoms with Gasteiger partial charge in [0.15, 0.2) is 0 Å². The van der Waals surface area contributed by atoms with Crippen LogP contribution in [0.25, 0.3) is 0 Å². The maximum atomic E-state index is 6.30. The average Bonchev–Trinajstić information content (AvgIpc) is 2.32. The van der Waals surface area contributed by atoms with Crippen LogP contribution < -0.4 is 5.32 Å². The summed E-state index contributed by atoms with van der Waals surface area (Å²) in [7, 11) is 0. The fourth-order valence-corrected chi connectivity index (χ4v) is 3.39. The summed E-state index contributed by atoms with van der Waals surface area (Å²) in [5.41, 5.74) is 1.22. The van der Waals surface area contributed by atoms with E-state index in [9.17, 15) is 0 Å². The quantitative estimate of drug-likeness (QED) is 0.889. The standard InChI is InChI=1S/C15H22BrClN2/c1-11(2)7-14-10-19(6-5-18-14)9-12-3-4-13(16)8-15(12)17/h3-4,8,11,14,18H,5-7,9-10H2,1-2H3. The molecule has 1 unspecified atom stereocenters. The second-order valence-corrected chi connectivity index (χ2v) is 7.07. The molecule has 1 N–H and O–H groups in total. The molecule has 2 nitrogen and oxygen atoms in total. The number of piperazine rings is 1. The lowest BCUT2D eigenvalue weighted by Crippen LogP contribution is -2.50. The Hall–Kier alpha value is -0.0900. The van der Waals surface area contributed by atoms with Gasteiger partial charge in [0.25, 0.3) is 0 Å². The van der Waals surface area contributed by atoms with Crippen molar-refractivity contribution in [2.75, 3.05) is 19.6 Å². The van der Waals surface area contributed by atoms with Gasteiger partial charge in [-0.15, -0.1) is 0 Å². The number of hydrogen-bond donors (Lipinski definition) is 1. The molecular weight excluding hydrogens is 324 g/mol. The van der Waals surface area contributed by atoms with Crippen molar-refractivity contribution in [3.05, 3.63) is 33.3 Å². The van der Waals surface area contributed by atoms with E-state index in [4.69, 9.17) is 11.6 Å². The lowest BCUT2D eigenvalue weighted by Gasteiger charge is -2.34. The summed E-state index contributed by atoms with van der Waals surface area (Å²) >= 11 is 9.75. The summed E-state index contributed by atoms with van der Waals surface area (Å²) in [6.45, 7) is 8.80. The van der Waals surface area contributed by atoms with Gasteiger partial charge in [-0.25, -0.2) is 0 Å². The summed E-state index contributed by atoms with van der Waals surface area (Å²) in [4.78, 5) is 2.50. The van der Waals surface area contributed by atoms with E-state index in [0.29, 0.717) is 6.04 Å². The van der Waals surface area contributed by atoms with Crippen LogP contribution in [0.1, 0.15) is 25.8 Å². The normalized spacial score (nSPS) is 21.0. The summed E-state index contributed by atoms with van der Waals surface area (Å²) in [6, 6.07) is 6.77. The second kappa shape index (κ2) is 7.07. The third kappa shape index (κ3) is 4.75. The van der Waals surface area contributed by atoms with Crippen molar-refractivity contribution >= 4 is 27.5 Å². The maximum absolute atomic E-state index is 6.30. The lowest BCUT2D eigenvalue weighted by molar-refractivity contribution is 0.180. The SMILES string of the molecule is CC(C)CC1CN(Cc2ccc(Br)cc2Cl)CCN1. The zero-order valence-corrected chi connectivity index (χ0v) is 14.0. The van der Waals surface area contributed by atoms with E-state index in [1.165, 1.54) is 12.0 Å². The highest BCUT2D eigenvalue weighted by molar-refractivity contribution is 9.10. The summed E-state index contributed by atoms with van der Waals surface area (Å²) in [5, 5.41) is 4.46. The molecule has 106 valence electrons. The molecule has 1 aromatic carbocycles. The predicted molar refractivity (Wildman–Crippen MR) is 85.7 cm³/mol. The van der Waals surface area contributed by atoms with Gasteiger partial charge in [0, 0.05) is 41.7 Å². The third-order valence-electron chi connectivity index (χ3n) is 3.50. The van der Waals surface area contributed by atoms with Crippen LogP contribution in [0.2, 0.25) is 5.02 Å². The second-order valence-electron chi connectivity index (χ2n) is 5.75. The molecule has 0 aliphatic carbocycles. The Bertz CT molecular complexity index is 423. The van der Waals surface area contributed by atoms with Crippen molar-refractivity contribution in [2.24, 2.45) is 5.92 Å². The van der Waals surface area contributed by atoms with Crippen molar-refractivity contribution in [3.8, 4) is 0 Å². The van der Waals surface area contributed by atoms with Gasteiger partial charge in [-0.3, -0.25) is 4.90 Å². The number of halogens is 2. The highest BCUT2D eigenvalue weighted by atomic mass is 79.9. The van der Waals surface area contributed by atoms with Gasteiger partial charge in [-0.1, -0.05) is 47.4 Å². The van der Waals surface area contributed by atoms with Gasteiger partial charge in [-0.2, -0.15) is 0 Å². The van der Waals surface area contributed by atoms with Gasteiger partial charge >= 0.3 is 0 Å². The minimum Gasteiger partial charge on any atom is -0.311 e. The summed E-state index contributed by atoms with van der Waals surface area (Å²) < 4.78 is 1.04. The van der Waals surface area contributed by atoms with Crippen LogP contribution in [-0.4, -0.2) is 30.6 Å². The number of rotatable bonds is 4. The lowest BCUT2D eigenvalue weighted by atomic mass is 10.0. The molecule has 0 radical (unpaired) electrons. The molecular formula is C15H22BrClN2. The van der Waals surface area contributed by atoms with Crippen LogP contribution in [-0.2, 0) is 6.54 Å². The first-order chi connectivity index (χ1) is 9.04. The maximum Gasteiger partial charge on any atom is 0.0462 e. The highest BCUT2D eigenvalue weighted by Crippen LogP contribution is 2.23. The number of nitrogens with zero attached hydrogens (tertiary/aromatic N) is 1. The Balaban J connectivity index is 1.94. The smallest absolute Gasteiger partial charge is 0.0462 e. The zero-order valence-electron chi connectivity index (χ0n) is 11.6. The molecule has 1 aromatic rings. The van der Waals surface area contributed by atoms with E-state index in [1.807, 2.05) is 6.07 Å². The van der Waals surface area contributed by atoms with Gasteiger partial charge in [0.2, 0.25) is 0 Å². The van der Waals surface area contributed by atoms with E-state index in [0.717, 1.165) is 41.6 Å². The van der Waals surface area contributed by atoms with E-state index in [-0.39, 0.29) is 0 Å². The molecule has 1 fully saturated rings. The van der Waals surface area contributed by atoms with Gasteiger partial charge in [0.1, 0.15) is 0 Å². The fraction of sp³-hybridized carbons (Fsp3) is 0.600. The van der Waals surface area contributed by atoms with E-state index in [2.05, 4.69) is 52.1 Å². The predicted octanol–water partition coefficient (Wildman–Crippen LogP) is 3.92. The minimum absolute atomic E-state index is 0.614. The number of benzene rings is 1. The molecule has 4 heteroatoms. The van der Waals surface area contributed by atoms with Crippen LogP contribution in [0, 0.1) is 5.92 Å². The number of hydrogen-bond acceptors (Lipinski definition) is 2. The first-order valence-corrected chi connectivity index (χ1v) is 8.11. The van der Waals surface area contributed by atoms with Gasteiger partial charge < -0.3 is 5.32 Å². The van der Waals surface area contributed by atoms with E-state index >= 15 is 0 Å². The Morgan fingerprint density at radius 3 is 2.95 bits per heavy atom. The summed E-state index contributed by atoms with van der Waals surface area (Å²) in [6.07, 6.45) is 1.24. The van der Waals surface area contributed by atoms with Crippen LogP contribution in [0.5, 0.6) is 0 Å². The minimum atomic E-state index is 0.614. The Labute approximate surface area is 129 Å². The van der Waals surface area contributed by atoms with Gasteiger partial charge in [-0.05, 0) is 30.0 Å². The Morgan fingerprint density at radius 2 is 2.26 bits per heavy atom. The first-order valence-electron chi connectivity index (χ1n) is 6.94.